The molecule has 2 N–H and O–H groups in total. The van der Waals surface area contributed by atoms with E-state index in [0.717, 1.165) is 41.4 Å². The Bertz CT molecular complexity index is 873. The molecule has 138 valence electrons. The van der Waals surface area contributed by atoms with Crippen LogP contribution in [0.5, 0.6) is 0 Å². The Hall–Kier alpha value is -1.93. The first-order valence-electron chi connectivity index (χ1n) is 8.79. The maximum Gasteiger partial charge on any atom is 0.312 e. The number of aryl methyl sites for hydroxylation is 1. The van der Waals surface area contributed by atoms with Crippen molar-refractivity contribution in [2.24, 2.45) is 12.5 Å². The Morgan fingerprint density at radius 2 is 2.23 bits per heavy atom. The zero-order valence-corrected chi connectivity index (χ0v) is 16.1. The number of hydrogen-bond donors (Lipinski definition) is 2. The van der Waals surface area contributed by atoms with E-state index in [1.807, 2.05) is 19.2 Å². The number of nitrogens with one attached hydrogen (secondary N) is 2. The molecule has 2 saturated heterocycles. The number of fused-ring (bicyclic) bond motifs is 1. The number of piperidine rings is 1. The quantitative estimate of drug-likeness (QED) is 0.738. The van der Waals surface area contributed by atoms with Crippen molar-refractivity contribution < 1.29 is 14.3 Å². The number of cyclic esters (lactones) is 1. The second-order valence-corrected chi connectivity index (χ2v) is 8.04. The van der Waals surface area contributed by atoms with Gasteiger partial charge in [0.1, 0.15) is 17.4 Å². The van der Waals surface area contributed by atoms with Crippen LogP contribution in [-0.2, 0) is 16.6 Å². The highest BCUT2D eigenvalue weighted by Gasteiger charge is 2.49. The summed E-state index contributed by atoms with van der Waals surface area (Å²) in [6.07, 6.45) is 3.74. The molecule has 7 nitrogen and oxygen atoms in total. The number of hydrogen-bond acceptors (Lipinski definition) is 5. The molecule has 1 atom stereocenters. The summed E-state index contributed by atoms with van der Waals surface area (Å²) in [7, 11) is 1.82. The van der Waals surface area contributed by atoms with Gasteiger partial charge in [0.15, 0.2) is 0 Å². The lowest BCUT2D eigenvalue weighted by Crippen LogP contribution is -2.39. The molecule has 0 aromatic carbocycles. The predicted octanol–water partition coefficient (Wildman–Crippen LogP) is 1.75. The van der Waals surface area contributed by atoms with Gasteiger partial charge < -0.3 is 19.9 Å². The van der Waals surface area contributed by atoms with E-state index >= 15 is 0 Å². The molecule has 26 heavy (non-hydrogen) atoms. The Morgan fingerprint density at radius 1 is 1.46 bits per heavy atom. The third-order valence-electron chi connectivity index (χ3n) is 5.44. The van der Waals surface area contributed by atoms with Crippen LogP contribution < -0.4 is 10.6 Å². The predicted molar refractivity (Wildman–Crippen MR) is 99.8 cm³/mol. The average molecular weight is 421 g/mol. The topological polar surface area (TPSA) is 85.2 Å². The van der Waals surface area contributed by atoms with E-state index in [-0.39, 0.29) is 23.4 Å². The van der Waals surface area contributed by atoms with E-state index in [0.29, 0.717) is 18.7 Å². The molecule has 2 aromatic heterocycles. The maximum atomic E-state index is 12.6. The number of halogens is 1. The van der Waals surface area contributed by atoms with Gasteiger partial charge in [-0.2, -0.15) is 0 Å². The van der Waals surface area contributed by atoms with Gasteiger partial charge in [0, 0.05) is 29.5 Å². The standard InChI is InChI=1S/C18H21BrN4O3/c1-23-14(7-11-6-12(19)9-21-15(11)23)16(24)22-10-13-8-18(17(25)26-13)2-4-20-5-3-18/h6-7,9,13,20H,2-5,8,10H2,1H3,(H,22,24). The Labute approximate surface area is 159 Å². The van der Waals surface area contributed by atoms with Gasteiger partial charge >= 0.3 is 5.97 Å². The smallest absolute Gasteiger partial charge is 0.312 e. The van der Waals surface area contributed by atoms with E-state index in [1.54, 1.807) is 10.8 Å². The number of carbonyl (C=O) groups excluding carboxylic acids is 2. The van der Waals surface area contributed by atoms with Gasteiger partial charge in [-0.05, 0) is 54.0 Å². The number of ether oxygens (including phenoxy) is 1. The van der Waals surface area contributed by atoms with Crippen LogP contribution in [0.15, 0.2) is 22.8 Å². The first-order chi connectivity index (χ1) is 12.5. The summed E-state index contributed by atoms with van der Waals surface area (Å²) in [5.74, 6) is -0.305. The van der Waals surface area contributed by atoms with Crippen molar-refractivity contribution in [3.05, 3.63) is 28.5 Å². The van der Waals surface area contributed by atoms with Crippen molar-refractivity contribution in [3.8, 4) is 0 Å². The molecule has 0 bridgehead atoms. The zero-order chi connectivity index (χ0) is 18.3. The number of esters is 1. The van der Waals surface area contributed by atoms with Crippen LogP contribution in [-0.4, -0.2) is 47.2 Å². The second-order valence-electron chi connectivity index (χ2n) is 7.13. The highest BCUT2D eigenvalue weighted by Crippen LogP contribution is 2.41. The minimum atomic E-state index is -0.365. The molecule has 0 aliphatic carbocycles. The van der Waals surface area contributed by atoms with Crippen LogP contribution >= 0.6 is 15.9 Å². The fraction of sp³-hybridized carbons (Fsp3) is 0.500. The molecular weight excluding hydrogens is 400 g/mol. The van der Waals surface area contributed by atoms with Crippen molar-refractivity contribution in [2.75, 3.05) is 19.6 Å². The molecule has 2 fully saturated rings. The van der Waals surface area contributed by atoms with Crippen LogP contribution in [0.3, 0.4) is 0 Å². The van der Waals surface area contributed by atoms with Crippen LogP contribution in [0, 0.1) is 5.41 Å². The van der Waals surface area contributed by atoms with Gasteiger partial charge in [0.05, 0.1) is 12.0 Å². The van der Waals surface area contributed by atoms with Crippen molar-refractivity contribution in [1.29, 1.82) is 0 Å². The summed E-state index contributed by atoms with van der Waals surface area (Å²) in [5.41, 5.74) is 0.919. The van der Waals surface area contributed by atoms with Gasteiger partial charge in [-0.3, -0.25) is 9.59 Å². The van der Waals surface area contributed by atoms with Gasteiger partial charge in [0.2, 0.25) is 0 Å². The molecule has 0 saturated carbocycles. The molecule has 4 rings (SSSR count). The van der Waals surface area contributed by atoms with Crippen molar-refractivity contribution in [1.82, 2.24) is 20.2 Å². The molecule has 1 amide bonds. The zero-order valence-electron chi connectivity index (χ0n) is 14.5. The minimum Gasteiger partial charge on any atom is -0.460 e. The number of carbonyl (C=O) groups is 2. The monoisotopic (exact) mass is 420 g/mol. The number of rotatable bonds is 3. The molecule has 2 aliphatic rings. The van der Waals surface area contributed by atoms with E-state index in [1.165, 1.54) is 0 Å². The lowest BCUT2D eigenvalue weighted by molar-refractivity contribution is -0.149. The Balaban J connectivity index is 1.43. The molecular formula is C18H21BrN4O3. The fourth-order valence-electron chi connectivity index (χ4n) is 3.97. The molecule has 8 heteroatoms. The van der Waals surface area contributed by atoms with Crippen LogP contribution in [0.4, 0.5) is 0 Å². The average Bonchev–Trinajstić information content (AvgIpc) is 3.11. The van der Waals surface area contributed by atoms with Crippen molar-refractivity contribution in [3.63, 3.8) is 0 Å². The number of aromatic nitrogens is 2. The van der Waals surface area contributed by atoms with Gasteiger partial charge in [-0.15, -0.1) is 0 Å². The van der Waals surface area contributed by atoms with Crippen molar-refractivity contribution in [2.45, 2.75) is 25.4 Å². The summed E-state index contributed by atoms with van der Waals surface area (Å²) in [6, 6.07) is 3.75. The van der Waals surface area contributed by atoms with Gasteiger partial charge in [-0.25, -0.2) is 4.98 Å². The third-order valence-corrected chi connectivity index (χ3v) is 5.88. The molecule has 2 aromatic rings. The number of pyridine rings is 1. The highest BCUT2D eigenvalue weighted by atomic mass is 79.9. The van der Waals surface area contributed by atoms with Crippen molar-refractivity contribution >= 4 is 38.8 Å². The largest absolute Gasteiger partial charge is 0.460 e. The fourth-order valence-corrected chi connectivity index (χ4v) is 4.32. The molecule has 4 heterocycles. The van der Waals surface area contributed by atoms with Gasteiger partial charge in [0.25, 0.3) is 5.91 Å². The summed E-state index contributed by atoms with van der Waals surface area (Å²) >= 11 is 3.39. The summed E-state index contributed by atoms with van der Waals surface area (Å²) in [4.78, 5) is 29.3. The van der Waals surface area contributed by atoms with E-state index in [4.69, 9.17) is 4.74 Å². The Morgan fingerprint density at radius 3 is 3.00 bits per heavy atom. The maximum absolute atomic E-state index is 12.6. The van der Waals surface area contributed by atoms with Gasteiger partial charge in [-0.1, -0.05) is 0 Å². The first-order valence-corrected chi connectivity index (χ1v) is 9.59. The summed E-state index contributed by atoms with van der Waals surface area (Å²) in [6.45, 7) is 2.01. The number of amides is 1. The number of nitrogens with zero attached hydrogens (tertiary/aromatic N) is 2. The molecule has 1 unspecified atom stereocenters. The summed E-state index contributed by atoms with van der Waals surface area (Å²) < 4.78 is 8.18. The molecule has 2 aliphatic heterocycles. The van der Waals surface area contributed by atoms with E-state index < -0.39 is 0 Å². The van der Waals surface area contributed by atoms with E-state index in [9.17, 15) is 9.59 Å². The Kier molecular flexibility index (Phi) is 4.48. The summed E-state index contributed by atoms with van der Waals surface area (Å²) in [5, 5.41) is 7.08. The second kappa shape index (κ2) is 6.66. The first kappa shape index (κ1) is 17.5. The molecule has 1 spiro atoms. The molecule has 0 radical (unpaired) electrons. The van der Waals surface area contributed by atoms with Crippen LogP contribution in [0.1, 0.15) is 29.8 Å². The SMILES string of the molecule is Cn1c(C(=O)NCC2CC3(CCNCC3)C(=O)O2)cc2cc(Br)cnc21. The lowest BCUT2D eigenvalue weighted by atomic mass is 9.76. The van der Waals surface area contributed by atoms with E-state index in [2.05, 4.69) is 31.5 Å². The van der Waals surface area contributed by atoms with Crippen LogP contribution in [0.2, 0.25) is 0 Å². The van der Waals surface area contributed by atoms with Crippen LogP contribution in [0.25, 0.3) is 11.0 Å². The third kappa shape index (κ3) is 3.01. The highest BCUT2D eigenvalue weighted by molar-refractivity contribution is 9.10. The normalized spacial score (nSPS) is 21.9. The lowest BCUT2D eigenvalue weighted by Gasteiger charge is -2.29. The minimum absolute atomic E-state index is 0.114.